The minimum absolute atomic E-state index is 0.129. The average molecular weight is 388 g/mol. The largest absolute Gasteiger partial charge is 0.347 e. The fourth-order valence-electron chi connectivity index (χ4n) is 2.65. The molecule has 0 saturated heterocycles. The van der Waals surface area contributed by atoms with Crippen molar-refractivity contribution in [2.45, 2.75) is 13.5 Å². The predicted molar refractivity (Wildman–Crippen MR) is 111 cm³/mol. The lowest BCUT2D eigenvalue weighted by molar-refractivity contribution is -0.117. The zero-order chi connectivity index (χ0) is 20.6. The van der Waals surface area contributed by atoms with E-state index >= 15 is 0 Å². The molecule has 146 valence electrons. The Hall–Kier alpha value is -3.73. The Balaban J connectivity index is 1.79. The maximum Gasteiger partial charge on any atom is 0.268 e. The molecule has 0 atom stereocenters. The highest BCUT2D eigenvalue weighted by Gasteiger charge is 2.14. The van der Waals surface area contributed by atoms with E-state index in [0.717, 1.165) is 16.7 Å². The van der Waals surface area contributed by atoms with Gasteiger partial charge in [0, 0.05) is 12.1 Å². The standard InChI is InChI=1S/C24H21FN2O2/c1-17-7-9-18(10-8-17)15-22(27-23(28)20-5-3-2-4-6-20)24(29)26-16-19-11-13-21(25)14-12-19/h2-15H,16H2,1H3,(H,26,29)(H,27,28)/b22-15-. The number of amides is 2. The normalized spacial score (nSPS) is 11.0. The van der Waals surface area contributed by atoms with Crippen LogP contribution >= 0.6 is 0 Å². The Morgan fingerprint density at radius 3 is 2.21 bits per heavy atom. The van der Waals surface area contributed by atoms with Gasteiger partial charge in [0.2, 0.25) is 0 Å². The first-order chi connectivity index (χ1) is 14.0. The van der Waals surface area contributed by atoms with E-state index in [1.807, 2.05) is 37.3 Å². The van der Waals surface area contributed by atoms with Crippen LogP contribution < -0.4 is 10.6 Å². The molecular formula is C24H21FN2O2. The molecule has 0 aliphatic heterocycles. The number of rotatable bonds is 6. The maximum atomic E-state index is 13.0. The van der Waals surface area contributed by atoms with Crippen LogP contribution in [0.25, 0.3) is 6.08 Å². The van der Waals surface area contributed by atoms with Gasteiger partial charge >= 0.3 is 0 Å². The Morgan fingerprint density at radius 2 is 1.55 bits per heavy atom. The number of carbonyl (C=O) groups is 2. The van der Waals surface area contributed by atoms with E-state index in [-0.39, 0.29) is 24.0 Å². The van der Waals surface area contributed by atoms with Gasteiger partial charge in [0.1, 0.15) is 11.5 Å². The molecule has 0 bridgehead atoms. The lowest BCUT2D eigenvalue weighted by atomic mass is 10.1. The van der Waals surface area contributed by atoms with Gasteiger partial charge < -0.3 is 10.6 Å². The quantitative estimate of drug-likeness (QED) is 0.621. The second kappa shape index (κ2) is 9.46. The summed E-state index contributed by atoms with van der Waals surface area (Å²) in [6.45, 7) is 2.19. The molecule has 0 spiro atoms. The summed E-state index contributed by atoms with van der Waals surface area (Å²) in [5.74, 6) is -1.14. The van der Waals surface area contributed by atoms with Crippen molar-refractivity contribution in [3.05, 3.63) is 113 Å². The van der Waals surface area contributed by atoms with E-state index < -0.39 is 5.91 Å². The van der Waals surface area contributed by atoms with Crippen LogP contribution in [0.15, 0.2) is 84.6 Å². The number of halogens is 1. The van der Waals surface area contributed by atoms with Gasteiger partial charge in [-0.1, -0.05) is 60.2 Å². The van der Waals surface area contributed by atoms with Crippen molar-refractivity contribution in [1.82, 2.24) is 10.6 Å². The second-order valence-corrected chi connectivity index (χ2v) is 6.60. The highest BCUT2D eigenvalue weighted by Crippen LogP contribution is 2.10. The van der Waals surface area contributed by atoms with E-state index in [1.165, 1.54) is 12.1 Å². The molecular weight excluding hydrogens is 367 g/mol. The van der Waals surface area contributed by atoms with Crippen molar-refractivity contribution in [3.63, 3.8) is 0 Å². The molecule has 4 nitrogen and oxygen atoms in total. The van der Waals surface area contributed by atoms with Crippen LogP contribution in [0.4, 0.5) is 4.39 Å². The van der Waals surface area contributed by atoms with Gasteiger partial charge in [-0.25, -0.2) is 4.39 Å². The third kappa shape index (κ3) is 5.87. The average Bonchev–Trinajstić information content (AvgIpc) is 2.74. The maximum absolute atomic E-state index is 13.0. The van der Waals surface area contributed by atoms with Gasteiger partial charge in [0.25, 0.3) is 11.8 Å². The monoisotopic (exact) mass is 388 g/mol. The number of carbonyl (C=O) groups excluding carboxylic acids is 2. The van der Waals surface area contributed by atoms with Crippen molar-refractivity contribution < 1.29 is 14.0 Å². The molecule has 3 rings (SSSR count). The van der Waals surface area contributed by atoms with Crippen molar-refractivity contribution in [1.29, 1.82) is 0 Å². The summed E-state index contributed by atoms with van der Waals surface area (Å²) in [5, 5.41) is 5.45. The SMILES string of the molecule is Cc1ccc(/C=C(\NC(=O)c2ccccc2)C(=O)NCc2ccc(F)cc2)cc1. The zero-order valence-electron chi connectivity index (χ0n) is 16.0. The fourth-order valence-corrected chi connectivity index (χ4v) is 2.65. The second-order valence-electron chi connectivity index (χ2n) is 6.60. The summed E-state index contributed by atoms with van der Waals surface area (Å²) in [6, 6.07) is 22.2. The first-order valence-corrected chi connectivity index (χ1v) is 9.19. The molecule has 0 aromatic heterocycles. The van der Waals surface area contributed by atoms with Gasteiger partial charge in [-0.2, -0.15) is 0 Å². The summed E-state index contributed by atoms with van der Waals surface area (Å²) in [7, 11) is 0. The van der Waals surface area contributed by atoms with Crippen LogP contribution in [-0.2, 0) is 11.3 Å². The van der Waals surface area contributed by atoms with Crippen LogP contribution in [0.5, 0.6) is 0 Å². The van der Waals surface area contributed by atoms with Crippen molar-refractivity contribution in [2.75, 3.05) is 0 Å². The number of benzene rings is 3. The third-order valence-corrected chi connectivity index (χ3v) is 4.28. The van der Waals surface area contributed by atoms with Crippen LogP contribution in [0, 0.1) is 12.7 Å². The molecule has 29 heavy (non-hydrogen) atoms. The molecule has 0 heterocycles. The van der Waals surface area contributed by atoms with Crippen LogP contribution in [0.1, 0.15) is 27.0 Å². The molecule has 5 heteroatoms. The summed E-state index contributed by atoms with van der Waals surface area (Å²) in [5.41, 5.74) is 3.22. The summed E-state index contributed by atoms with van der Waals surface area (Å²) < 4.78 is 13.0. The number of hydrogen-bond acceptors (Lipinski definition) is 2. The van der Waals surface area contributed by atoms with E-state index in [9.17, 15) is 14.0 Å². The Morgan fingerprint density at radius 1 is 0.897 bits per heavy atom. The van der Waals surface area contributed by atoms with E-state index in [4.69, 9.17) is 0 Å². The lowest BCUT2D eigenvalue weighted by Gasteiger charge is -2.11. The minimum Gasteiger partial charge on any atom is -0.347 e. The minimum atomic E-state index is -0.431. The lowest BCUT2D eigenvalue weighted by Crippen LogP contribution is -2.34. The van der Waals surface area contributed by atoms with Crippen molar-refractivity contribution in [2.24, 2.45) is 0 Å². The summed E-state index contributed by atoms with van der Waals surface area (Å²) in [4.78, 5) is 25.3. The zero-order valence-corrected chi connectivity index (χ0v) is 16.0. The van der Waals surface area contributed by atoms with Gasteiger partial charge in [-0.15, -0.1) is 0 Å². The van der Waals surface area contributed by atoms with E-state index in [2.05, 4.69) is 10.6 Å². The predicted octanol–water partition coefficient (Wildman–Crippen LogP) is 4.22. The van der Waals surface area contributed by atoms with E-state index in [0.29, 0.717) is 5.56 Å². The van der Waals surface area contributed by atoms with Gasteiger partial charge in [-0.05, 0) is 48.4 Å². The Labute approximate surface area is 169 Å². The first kappa shape index (κ1) is 20.0. The molecule has 0 radical (unpaired) electrons. The van der Waals surface area contributed by atoms with E-state index in [1.54, 1.807) is 42.5 Å². The highest BCUT2D eigenvalue weighted by molar-refractivity contribution is 6.05. The van der Waals surface area contributed by atoms with Crippen molar-refractivity contribution in [3.8, 4) is 0 Å². The van der Waals surface area contributed by atoms with Gasteiger partial charge in [0.05, 0.1) is 0 Å². The van der Waals surface area contributed by atoms with Crippen LogP contribution in [0.3, 0.4) is 0 Å². The first-order valence-electron chi connectivity index (χ1n) is 9.19. The van der Waals surface area contributed by atoms with Crippen LogP contribution in [-0.4, -0.2) is 11.8 Å². The Kier molecular flexibility index (Phi) is 6.53. The van der Waals surface area contributed by atoms with Gasteiger partial charge in [0.15, 0.2) is 0 Å². The molecule has 3 aromatic carbocycles. The highest BCUT2D eigenvalue weighted by atomic mass is 19.1. The van der Waals surface area contributed by atoms with Crippen LogP contribution in [0.2, 0.25) is 0 Å². The molecule has 0 fully saturated rings. The molecule has 0 unspecified atom stereocenters. The van der Waals surface area contributed by atoms with Gasteiger partial charge in [-0.3, -0.25) is 9.59 Å². The number of aryl methyl sites for hydroxylation is 1. The Bertz CT molecular complexity index is 1010. The molecule has 2 amide bonds. The smallest absolute Gasteiger partial charge is 0.268 e. The fraction of sp³-hybridized carbons (Fsp3) is 0.0833. The molecule has 0 aliphatic rings. The summed E-state index contributed by atoms with van der Waals surface area (Å²) in [6.07, 6.45) is 1.63. The molecule has 0 aliphatic carbocycles. The van der Waals surface area contributed by atoms with Crippen molar-refractivity contribution >= 4 is 17.9 Å². The molecule has 3 aromatic rings. The third-order valence-electron chi connectivity index (χ3n) is 4.28. The summed E-state index contributed by atoms with van der Waals surface area (Å²) >= 11 is 0. The molecule has 0 saturated carbocycles. The molecule has 2 N–H and O–H groups in total. The topological polar surface area (TPSA) is 58.2 Å². The number of nitrogens with one attached hydrogen (secondary N) is 2. The number of hydrogen-bond donors (Lipinski definition) is 2.